The first kappa shape index (κ1) is 17.6. The number of thioether (sulfide) groups is 1. The van der Waals surface area contributed by atoms with Gasteiger partial charge in [-0.25, -0.2) is 4.79 Å². The Hall–Kier alpha value is -0.420. The SMILES string of the molecule is CCC(CC)C(O)CNC(=O)NCC(C)(C)SC. The molecule has 3 N–H and O–H groups in total. The molecule has 0 radical (unpaired) electrons. The number of nitrogens with one attached hydrogen (secondary N) is 2. The molecule has 0 aliphatic rings. The second-order valence-corrected chi connectivity index (χ2v) is 6.68. The highest BCUT2D eigenvalue weighted by Gasteiger charge is 2.18. The number of amides is 2. The summed E-state index contributed by atoms with van der Waals surface area (Å²) in [5.41, 5.74) is 0. The van der Waals surface area contributed by atoms with Gasteiger partial charge in [0.15, 0.2) is 0 Å². The van der Waals surface area contributed by atoms with E-state index in [0.29, 0.717) is 13.1 Å². The number of aliphatic hydroxyl groups is 1. The molecule has 5 heteroatoms. The molecule has 0 spiro atoms. The van der Waals surface area contributed by atoms with Gasteiger partial charge in [-0.2, -0.15) is 11.8 Å². The average molecular weight is 276 g/mol. The summed E-state index contributed by atoms with van der Waals surface area (Å²) in [5, 5.41) is 15.4. The van der Waals surface area contributed by atoms with E-state index in [2.05, 4.69) is 38.3 Å². The molecule has 0 saturated heterocycles. The number of hydrogen-bond acceptors (Lipinski definition) is 3. The first-order valence-electron chi connectivity index (χ1n) is 6.61. The van der Waals surface area contributed by atoms with E-state index in [1.807, 2.05) is 6.26 Å². The molecule has 0 aromatic carbocycles. The van der Waals surface area contributed by atoms with Gasteiger partial charge in [0.2, 0.25) is 0 Å². The van der Waals surface area contributed by atoms with Gasteiger partial charge in [-0.1, -0.05) is 26.7 Å². The molecule has 0 bridgehead atoms. The zero-order valence-electron chi connectivity index (χ0n) is 12.2. The fraction of sp³-hybridized carbons (Fsp3) is 0.923. The van der Waals surface area contributed by atoms with Gasteiger partial charge in [0.25, 0.3) is 0 Å². The van der Waals surface area contributed by atoms with E-state index >= 15 is 0 Å². The second kappa shape index (κ2) is 8.64. The summed E-state index contributed by atoms with van der Waals surface area (Å²) in [6.45, 7) is 9.20. The summed E-state index contributed by atoms with van der Waals surface area (Å²) in [6, 6.07) is -0.206. The van der Waals surface area contributed by atoms with Crippen molar-refractivity contribution in [3.8, 4) is 0 Å². The predicted molar refractivity (Wildman–Crippen MR) is 79.1 cm³/mol. The lowest BCUT2D eigenvalue weighted by molar-refractivity contribution is 0.103. The van der Waals surface area contributed by atoms with E-state index in [1.54, 1.807) is 11.8 Å². The number of aliphatic hydroxyl groups excluding tert-OH is 1. The highest BCUT2D eigenvalue weighted by atomic mass is 32.2. The highest BCUT2D eigenvalue weighted by Crippen LogP contribution is 2.19. The second-order valence-electron chi connectivity index (χ2n) is 5.17. The number of carbonyl (C=O) groups is 1. The largest absolute Gasteiger partial charge is 0.391 e. The third-order valence-corrected chi connectivity index (χ3v) is 4.54. The molecule has 18 heavy (non-hydrogen) atoms. The van der Waals surface area contributed by atoms with Crippen LogP contribution in [0.1, 0.15) is 40.5 Å². The van der Waals surface area contributed by atoms with Crippen LogP contribution in [0, 0.1) is 5.92 Å². The summed E-state index contributed by atoms with van der Waals surface area (Å²) >= 11 is 1.71. The van der Waals surface area contributed by atoms with Gasteiger partial charge >= 0.3 is 6.03 Å². The molecule has 0 aromatic heterocycles. The van der Waals surface area contributed by atoms with Crippen molar-refractivity contribution in [1.82, 2.24) is 10.6 Å². The van der Waals surface area contributed by atoms with Crippen molar-refractivity contribution in [2.75, 3.05) is 19.3 Å². The Labute approximate surface area is 115 Å². The monoisotopic (exact) mass is 276 g/mol. The molecule has 4 nitrogen and oxygen atoms in total. The van der Waals surface area contributed by atoms with E-state index in [-0.39, 0.29) is 16.7 Å². The maximum atomic E-state index is 11.6. The van der Waals surface area contributed by atoms with E-state index in [4.69, 9.17) is 0 Å². The lowest BCUT2D eigenvalue weighted by atomic mass is 9.97. The number of hydrogen-bond donors (Lipinski definition) is 3. The summed E-state index contributed by atoms with van der Waals surface area (Å²) in [7, 11) is 0. The first-order valence-corrected chi connectivity index (χ1v) is 7.83. The minimum Gasteiger partial charge on any atom is -0.391 e. The zero-order valence-corrected chi connectivity index (χ0v) is 13.1. The van der Waals surface area contributed by atoms with Crippen LogP contribution >= 0.6 is 11.8 Å². The van der Waals surface area contributed by atoms with Crippen LogP contribution in [0.15, 0.2) is 0 Å². The minimum absolute atomic E-state index is 0.0331. The fourth-order valence-corrected chi connectivity index (χ4v) is 1.84. The lowest BCUT2D eigenvalue weighted by Gasteiger charge is -2.23. The van der Waals surface area contributed by atoms with Gasteiger partial charge in [-0.05, 0) is 26.0 Å². The van der Waals surface area contributed by atoms with Crippen LogP contribution in [0.3, 0.4) is 0 Å². The Bertz CT molecular complexity index is 243. The zero-order chi connectivity index (χ0) is 14.2. The normalized spacial score (nSPS) is 13.5. The Balaban J connectivity index is 3.90. The average Bonchev–Trinajstić information content (AvgIpc) is 2.35. The van der Waals surface area contributed by atoms with Crippen LogP contribution < -0.4 is 10.6 Å². The third kappa shape index (κ3) is 7.11. The Morgan fingerprint density at radius 1 is 1.28 bits per heavy atom. The maximum absolute atomic E-state index is 11.6. The van der Waals surface area contributed by atoms with E-state index in [9.17, 15) is 9.90 Å². The van der Waals surface area contributed by atoms with Crippen molar-refractivity contribution in [1.29, 1.82) is 0 Å². The number of carbonyl (C=O) groups excluding carboxylic acids is 1. The Morgan fingerprint density at radius 3 is 2.28 bits per heavy atom. The summed E-state index contributed by atoms with van der Waals surface area (Å²) in [5.74, 6) is 0.257. The van der Waals surface area contributed by atoms with Crippen LogP contribution in [0.2, 0.25) is 0 Å². The molecule has 0 fully saturated rings. The van der Waals surface area contributed by atoms with Crippen LogP contribution in [0.5, 0.6) is 0 Å². The molecule has 0 saturated carbocycles. The van der Waals surface area contributed by atoms with Gasteiger partial charge < -0.3 is 15.7 Å². The van der Waals surface area contributed by atoms with E-state index in [1.165, 1.54) is 0 Å². The molecule has 0 aromatic rings. The molecule has 0 heterocycles. The quantitative estimate of drug-likeness (QED) is 0.637. The molecule has 1 atom stereocenters. The summed E-state index contributed by atoms with van der Waals surface area (Å²) < 4.78 is 0.0331. The molecule has 0 aliphatic heterocycles. The highest BCUT2D eigenvalue weighted by molar-refractivity contribution is 7.99. The van der Waals surface area contributed by atoms with Gasteiger partial charge in [0, 0.05) is 17.8 Å². The standard InChI is InChI=1S/C13H28N2O2S/c1-6-10(7-2)11(16)8-14-12(17)15-9-13(3,4)18-5/h10-11,16H,6-9H2,1-5H3,(H2,14,15,17). The number of rotatable bonds is 8. The smallest absolute Gasteiger partial charge is 0.314 e. The lowest BCUT2D eigenvalue weighted by Crippen LogP contribution is -2.45. The molecule has 2 amide bonds. The topological polar surface area (TPSA) is 61.4 Å². The van der Waals surface area contributed by atoms with Crippen molar-refractivity contribution >= 4 is 17.8 Å². The van der Waals surface area contributed by atoms with Crippen LogP contribution in [-0.4, -0.2) is 41.3 Å². The van der Waals surface area contributed by atoms with Crippen molar-refractivity contribution < 1.29 is 9.90 Å². The Morgan fingerprint density at radius 2 is 1.83 bits per heavy atom. The molecule has 0 aliphatic carbocycles. The van der Waals surface area contributed by atoms with E-state index < -0.39 is 6.10 Å². The Kier molecular flexibility index (Phi) is 8.44. The van der Waals surface area contributed by atoms with Gasteiger partial charge in [-0.3, -0.25) is 0 Å². The third-order valence-electron chi connectivity index (χ3n) is 3.29. The van der Waals surface area contributed by atoms with Gasteiger partial charge in [0.1, 0.15) is 0 Å². The van der Waals surface area contributed by atoms with Crippen LogP contribution in [0.4, 0.5) is 4.79 Å². The molecule has 1 unspecified atom stereocenters. The van der Waals surface area contributed by atoms with Gasteiger partial charge in [0.05, 0.1) is 6.10 Å². The molecular weight excluding hydrogens is 248 g/mol. The summed E-state index contributed by atoms with van der Waals surface area (Å²) in [6.07, 6.45) is 3.43. The van der Waals surface area contributed by atoms with Gasteiger partial charge in [-0.15, -0.1) is 0 Å². The van der Waals surface area contributed by atoms with Crippen molar-refractivity contribution in [2.45, 2.75) is 51.4 Å². The van der Waals surface area contributed by atoms with Crippen molar-refractivity contribution in [2.24, 2.45) is 5.92 Å². The predicted octanol–water partition coefficient (Wildman–Crippen LogP) is 2.22. The van der Waals surface area contributed by atoms with Crippen LogP contribution in [-0.2, 0) is 0 Å². The fourth-order valence-electron chi connectivity index (χ4n) is 1.62. The maximum Gasteiger partial charge on any atom is 0.314 e. The minimum atomic E-state index is -0.459. The number of urea groups is 1. The molecule has 108 valence electrons. The van der Waals surface area contributed by atoms with E-state index in [0.717, 1.165) is 12.8 Å². The van der Waals surface area contributed by atoms with Crippen LogP contribution in [0.25, 0.3) is 0 Å². The van der Waals surface area contributed by atoms with Crippen molar-refractivity contribution in [3.63, 3.8) is 0 Å². The summed E-state index contributed by atoms with van der Waals surface area (Å²) in [4.78, 5) is 11.6. The van der Waals surface area contributed by atoms with Crippen molar-refractivity contribution in [3.05, 3.63) is 0 Å². The first-order chi connectivity index (χ1) is 8.36. The molecule has 0 rings (SSSR count). The molecular formula is C13H28N2O2S.